The van der Waals surface area contributed by atoms with Gasteiger partial charge in [-0.1, -0.05) is 6.42 Å². The molecule has 1 saturated carbocycles. The van der Waals surface area contributed by atoms with Gasteiger partial charge in [-0.25, -0.2) is 9.18 Å². The average molecular weight is 293 g/mol. The van der Waals surface area contributed by atoms with Crippen LogP contribution in [0.4, 0.5) is 14.9 Å². The number of urea groups is 1. The van der Waals surface area contributed by atoms with Crippen molar-refractivity contribution in [2.45, 2.75) is 19.3 Å². The Kier molecular flexibility index (Phi) is 3.27. The molecule has 2 fully saturated rings. The molecule has 7 heteroatoms. The maximum absolute atomic E-state index is 13.5. The minimum Gasteiger partial charge on any atom is -0.481 e. The lowest BCUT2D eigenvalue weighted by Gasteiger charge is -2.23. The summed E-state index contributed by atoms with van der Waals surface area (Å²) in [5.74, 6) is -1.46. The summed E-state index contributed by atoms with van der Waals surface area (Å²) in [6.07, 6.45) is 4.70. The number of hydrogen-bond acceptors (Lipinski definition) is 3. The van der Waals surface area contributed by atoms with Gasteiger partial charge in [-0.15, -0.1) is 0 Å². The number of aliphatic carboxylic acids is 1. The zero-order valence-corrected chi connectivity index (χ0v) is 11.4. The van der Waals surface area contributed by atoms with Crippen molar-refractivity contribution >= 4 is 17.7 Å². The molecule has 1 saturated heterocycles. The Hall–Kier alpha value is -2.18. The molecular weight excluding hydrogens is 277 g/mol. The monoisotopic (exact) mass is 293 g/mol. The molecule has 6 nitrogen and oxygen atoms in total. The number of nitrogens with zero attached hydrogens (tertiary/aromatic N) is 2. The summed E-state index contributed by atoms with van der Waals surface area (Å²) in [5, 5.41) is 12.0. The topological polar surface area (TPSA) is 82.5 Å². The van der Waals surface area contributed by atoms with Gasteiger partial charge in [-0.3, -0.25) is 9.78 Å². The lowest BCUT2D eigenvalue weighted by Crippen LogP contribution is -2.38. The van der Waals surface area contributed by atoms with E-state index in [1.165, 1.54) is 17.2 Å². The lowest BCUT2D eigenvalue weighted by molar-refractivity contribution is -0.149. The number of halogens is 1. The maximum Gasteiger partial charge on any atom is 0.321 e. The van der Waals surface area contributed by atoms with E-state index in [1.54, 1.807) is 0 Å². The molecule has 2 atom stereocenters. The lowest BCUT2D eigenvalue weighted by atomic mass is 9.81. The standard InChI is InChI=1S/C14H16FN3O3/c15-10-6-16-5-3-11(10)17-13(21)18-7-9-2-1-4-14(9,8-18)12(19)20/h3,5-6,9H,1-2,4,7-8H2,(H,19,20)(H,16,17,21)/t9-,14+/m0/s1. The second-order valence-corrected chi connectivity index (χ2v) is 5.72. The number of anilines is 1. The molecule has 1 aliphatic heterocycles. The van der Waals surface area contributed by atoms with Crippen LogP contribution in [0.1, 0.15) is 19.3 Å². The van der Waals surface area contributed by atoms with Gasteiger partial charge in [0, 0.05) is 19.3 Å². The van der Waals surface area contributed by atoms with Gasteiger partial charge in [0.15, 0.2) is 5.82 Å². The number of likely N-dealkylation sites (tertiary alicyclic amines) is 1. The molecule has 0 bridgehead atoms. The molecular formula is C14H16FN3O3. The Balaban J connectivity index is 1.73. The Labute approximate surface area is 121 Å². The van der Waals surface area contributed by atoms with Crippen LogP contribution in [-0.4, -0.2) is 40.1 Å². The van der Waals surface area contributed by atoms with Gasteiger partial charge in [0.1, 0.15) is 0 Å². The Bertz CT molecular complexity index is 595. The summed E-state index contributed by atoms with van der Waals surface area (Å²) >= 11 is 0. The van der Waals surface area contributed by atoms with Crippen molar-refractivity contribution in [2.24, 2.45) is 11.3 Å². The average Bonchev–Trinajstić information content (AvgIpc) is 2.99. The smallest absolute Gasteiger partial charge is 0.321 e. The van der Waals surface area contributed by atoms with Crippen molar-refractivity contribution < 1.29 is 19.1 Å². The van der Waals surface area contributed by atoms with E-state index in [2.05, 4.69) is 10.3 Å². The van der Waals surface area contributed by atoms with Crippen molar-refractivity contribution in [1.82, 2.24) is 9.88 Å². The Morgan fingerprint density at radius 1 is 1.52 bits per heavy atom. The molecule has 2 heterocycles. The number of fused-ring (bicyclic) bond motifs is 1. The van der Waals surface area contributed by atoms with E-state index in [4.69, 9.17) is 0 Å². The molecule has 1 aromatic rings. The Morgan fingerprint density at radius 3 is 3.00 bits per heavy atom. The fourth-order valence-corrected chi connectivity index (χ4v) is 3.46. The second kappa shape index (κ2) is 4.98. The van der Waals surface area contributed by atoms with Crippen LogP contribution < -0.4 is 5.32 Å². The molecule has 21 heavy (non-hydrogen) atoms. The predicted octanol–water partition coefficient (Wildman–Crippen LogP) is 1.94. The third-order valence-electron chi connectivity index (χ3n) is 4.60. The van der Waals surface area contributed by atoms with Crippen LogP contribution in [0.5, 0.6) is 0 Å². The molecule has 0 aromatic carbocycles. The van der Waals surface area contributed by atoms with E-state index in [0.717, 1.165) is 19.0 Å². The molecule has 0 unspecified atom stereocenters. The van der Waals surface area contributed by atoms with Crippen molar-refractivity contribution in [1.29, 1.82) is 0 Å². The molecule has 112 valence electrons. The molecule has 1 aromatic heterocycles. The minimum absolute atomic E-state index is 0.0111. The van der Waals surface area contributed by atoms with E-state index >= 15 is 0 Å². The number of carboxylic acid groups (broad SMARTS) is 1. The first kappa shape index (κ1) is 13.8. The van der Waals surface area contributed by atoms with E-state index in [9.17, 15) is 19.1 Å². The van der Waals surface area contributed by atoms with Gasteiger partial charge in [0.25, 0.3) is 0 Å². The fraction of sp³-hybridized carbons (Fsp3) is 0.500. The highest BCUT2D eigenvalue weighted by atomic mass is 19.1. The van der Waals surface area contributed by atoms with Gasteiger partial charge in [-0.2, -0.15) is 0 Å². The van der Waals surface area contributed by atoms with Gasteiger partial charge in [0.05, 0.1) is 17.3 Å². The maximum atomic E-state index is 13.5. The van der Waals surface area contributed by atoms with Crippen molar-refractivity contribution in [3.05, 3.63) is 24.3 Å². The predicted molar refractivity (Wildman–Crippen MR) is 72.2 cm³/mol. The highest BCUT2D eigenvalue weighted by molar-refractivity contribution is 5.90. The van der Waals surface area contributed by atoms with Gasteiger partial charge in [-0.05, 0) is 24.8 Å². The van der Waals surface area contributed by atoms with E-state index in [-0.39, 0.29) is 18.2 Å². The number of carbonyl (C=O) groups is 2. The summed E-state index contributed by atoms with van der Waals surface area (Å²) in [7, 11) is 0. The first-order chi connectivity index (χ1) is 10.0. The van der Waals surface area contributed by atoms with Crippen molar-refractivity contribution in [2.75, 3.05) is 18.4 Å². The number of rotatable bonds is 2. The third kappa shape index (κ3) is 2.22. The van der Waals surface area contributed by atoms with Crippen LogP contribution in [0.2, 0.25) is 0 Å². The number of carboxylic acids is 1. The molecule has 3 rings (SSSR count). The zero-order valence-electron chi connectivity index (χ0n) is 11.4. The van der Waals surface area contributed by atoms with Crippen LogP contribution in [0.25, 0.3) is 0 Å². The van der Waals surface area contributed by atoms with Crippen molar-refractivity contribution in [3.8, 4) is 0 Å². The normalized spacial score (nSPS) is 27.5. The van der Waals surface area contributed by atoms with E-state index < -0.39 is 23.2 Å². The van der Waals surface area contributed by atoms with Crippen LogP contribution in [-0.2, 0) is 4.79 Å². The highest BCUT2D eigenvalue weighted by Gasteiger charge is 2.55. The van der Waals surface area contributed by atoms with Gasteiger partial charge < -0.3 is 15.3 Å². The highest BCUT2D eigenvalue weighted by Crippen LogP contribution is 2.48. The molecule has 2 aliphatic rings. The summed E-state index contributed by atoms with van der Waals surface area (Å²) in [6.45, 7) is 0.594. The molecule has 0 spiro atoms. The first-order valence-electron chi connectivity index (χ1n) is 6.92. The Morgan fingerprint density at radius 2 is 2.33 bits per heavy atom. The molecule has 2 amide bonds. The number of hydrogen-bond donors (Lipinski definition) is 2. The number of amides is 2. The fourth-order valence-electron chi connectivity index (χ4n) is 3.46. The second-order valence-electron chi connectivity index (χ2n) is 5.72. The van der Waals surface area contributed by atoms with E-state index in [0.29, 0.717) is 13.0 Å². The first-order valence-corrected chi connectivity index (χ1v) is 6.92. The number of pyridine rings is 1. The summed E-state index contributed by atoms with van der Waals surface area (Å²) in [4.78, 5) is 28.8. The van der Waals surface area contributed by atoms with Crippen LogP contribution in [0.3, 0.4) is 0 Å². The SMILES string of the molecule is O=C(Nc1ccncc1F)N1C[C@@H]2CCC[C@@]2(C(=O)O)C1. The molecule has 2 N–H and O–H groups in total. The largest absolute Gasteiger partial charge is 0.481 e. The van der Waals surface area contributed by atoms with Crippen molar-refractivity contribution in [3.63, 3.8) is 0 Å². The number of carbonyl (C=O) groups excluding carboxylic acids is 1. The van der Waals surface area contributed by atoms with E-state index in [1.807, 2.05) is 0 Å². The number of nitrogens with one attached hydrogen (secondary N) is 1. The summed E-state index contributed by atoms with van der Waals surface area (Å²) in [6, 6.07) is 0.909. The van der Waals surface area contributed by atoms with Crippen LogP contribution in [0.15, 0.2) is 18.5 Å². The molecule has 1 aliphatic carbocycles. The molecule has 0 radical (unpaired) electrons. The van der Waals surface area contributed by atoms with Gasteiger partial charge >= 0.3 is 12.0 Å². The quantitative estimate of drug-likeness (QED) is 0.873. The number of aromatic nitrogens is 1. The van der Waals surface area contributed by atoms with Crippen LogP contribution >= 0.6 is 0 Å². The van der Waals surface area contributed by atoms with Crippen LogP contribution in [0, 0.1) is 17.2 Å². The minimum atomic E-state index is -0.838. The summed E-state index contributed by atoms with van der Waals surface area (Å²) in [5.41, 5.74) is -0.773. The zero-order chi connectivity index (χ0) is 15.0. The third-order valence-corrected chi connectivity index (χ3v) is 4.60. The van der Waals surface area contributed by atoms with Gasteiger partial charge in [0.2, 0.25) is 0 Å². The summed E-state index contributed by atoms with van der Waals surface area (Å²) < 4.78 is 13.5.